The van der Waals surface area contributed by atoms with Gasteiger partial charge in [-0.2, -0.15) is 0 Å². The smallest absolute Gasteiger partial charge is 0.211 e. The fraction of sp³-hybridized carbons (Fsp3) is 0.917. The first-order valence-corrected chi connectivity index (χ1v) is 8.04. The minimum Gasteiger partial charge on any atom is -0.215 e. The van der Waals surface area contributed by atoms with E-state index < -0.39 is 10.0 Å². The minimum atomic E-state index is -3.01. The van der Waals surface area contributed by atoms with Crippen LogP contribution in [0.4, 0.5) is 0 Å². The van der Waals surface area contributed by atoms with Gasteiger partial charge in [-0.25, -0.2) is 13.1 Å². The third-order valence-electron chi connectivity index (χ3n) is 2.52. The maximum atomic E-state index is 11.5. The molecule has 1 radical (unpaired) electrons. The molecule has 0 aromatic rings. The highest BCUT2D eigenvalue weighted by molar-refractivity contribution is 7.89. The lowest BCUT2D eigenvalue weighted by Gasteiger charge is -2.06. The first kappa shape index (κ1) is 15.9. The zero-order chi connectivity index (χ0) is 12.3. The van der Waals surface area contributed by atoms with Crippen molar-refractivity contribution in [3.8, 4) is 0 Å². The van der Waals surface area contributed by atoms with Gasteiger partial charge in [-0.3, -0.25) is 0 Å². The molecule has 4 heteroatoms. The molecule has 0 unspecified atom stereocenters. The van der Waals surface area contributed by atoms with Crippen molar-refractivity contribution >= 4 is 10.0 Å². The van der Waals surface area contributed by atoms with E-state index in [1.807, 2.05) is 0 Å². The van der Waals surface area contributed by atoms with Crippen molar-refractivity contribution in [2.24, 2.45) is 0 Å². The summed E-state index contributed by atoms with van der Waals surface area (Å²) in [6.07, 6.45) is 8.05. The Bertz CT molecular complexity index is 237. The summed E-state index contributed by atoms with van der Waals surface area (Å²) in [5, 5.41) is 0. The van der Waals surface area contributed by atoms with Crippen LogP contribution in [0.1, 0.15) is 58.3 Å². The molecule has 0 aliphatic carbocycles. The quantitative estimate of drug-likeness (QED) is 0.571. The molecule has 0 aromatic heterocycles. The number of rotatable bonds is 11. The maximum Gasteiger partial charge on any atom is 0.211 e. The normalized spacial score (nSPS) is 11.9. The van der Waals surface area contributed by atoms with Crippen LogP contribution in [0.3, 0.4) is 0 Å². The number of sulfonamides is 1. The Morgan fingerprint density at radius 1 is 1.00 bits per heavy atom. The molecule has 16 heavy (non-hydrogen) atoms. The predicted octanol–water partition coefficient (Wildman–Crippen LogP) is 2.88. The molecule has 0 spiro atoms. The van der Waals surface area contributed by atoms with Gasteiger partial charge in [0.2, 0.25) is 10.0 Å². The van der Waals surface area contributed by atoms with Gasteiger partial charge < -0.3 is 0 Å². The zero-order valence-electron chi connectivity index (χ0n) is 10.5. The largest absolute Gasteiger partial charge is 0.215 e. The summed E-state index contributed by atoms with van der Waals surface area (Å²) in [6.45, 7) is 6.45. The molecule has 0 aliphatic heterocycles. The molecular formula is C12H26NO2S. The van der Waals surface area contributed by atoms with Crippen molar-refractivity contribution < 1.29 is 8.42 Å². The Morgan fingerprint density at radius 3 is 2.31 bits per heavy atom. The topological polar surface area (TPSA) is 46.2 Å². The second-order valence-electron chi connectivity index (χ2n) is 4.19. The van der Waals surface area contributed by atoms with Crippen LogP contribution in [0.15, 0.2) is 0 Å². The summed E-state index contributed by atoms with van der Waals surface area (Å²) in [5.41, 5.74) is 0. The number of hydrogen-bond donors (Lipinski definition) is 1. The molecule has 0 saturated carbocycles. The van der Waals surface area contributed by atoms with Crippen LogP contribution in [-0.4, -0.2) is 20.7 Å². The molecule has 3 nitrogen and oxygen atoms in total. The first-order chi connectivity index (χ1) is 7.62. The highest BCUT2D eigenvalue weighted by atomic mass is 32.2. The van der Waals surface area contributed by atoms with Crippen molar-refractivity contribution in [2.75, 3.05) is 12.3 Å². The van der Waals surface area contributed by atoms with E-state index in [1.165, 1.54) is 0 Å². The van der Waals surface area contributed by atoms with Crippen LogP contribution < -0.4 is 4.72 Å². The van der Waals surface area contributed by atoms with Gasteiger partial charge in [0, 0.05) is 6.54 Å². The molecule has 0 heterocycles. The van der Waals surface area contributed by atoms with Crippen molar-refractivity contribution in [2.45, 2.75) is 58.3 Å². The summed E-state index contributed by atoms with van der Waals surface area (Å²) < 4.78 is 25.7. The molecule has 0 aromatic carbocycles. The molecule has 0 atom stereocenters. The van der Waals surface area contributed by atoms with Crippen LogP contribution in [0.25, 0.3) is 0 Å². The Hall–Kier alpha value is -0.0900. The third-order valence-corrected chi connectivity index (χ3v) is 3.99. The second-order valence-corrected chi connectivity index (χ2v) is 6.11. The van der Waals surface area contributed by atoms with Gasteiger partial charge in [-0.05, 0) is 12.8 Å². The van der Waals surface area contributed by atoms with Crippen LogP contribution >= 0.6 is 0 Å². The standard InChI is InChI=1S/C12H26NO2S/c1-3-5-7-9-11-13-16(14,15)12-10-8-6-4-2/h13H,1,3-12H2,2H3. The van der Waals surface area contributed by atoms with Crippen molar-refractivity contribution in [1.82, 2.24) is 4.72 Å². The Kier molecular flexibility index (Phi) is 10.0. The zero-order valence-corrected chi connectivity index (χ0v) is 11.3. The van der Waals surface area contributed by atoms with Gasteiger partial charge in [0.15, 0.2) is 0 Å². The number of nitrogens with one attached hydrogen (secondary N) is 1. The van der Waals surface area contributed by atoms with Crippen LogP contribution in [0.5, 0.6) is 0 Å². The fourth-order valence-electron chi connectivity index (χ4n) is 1.50. The molecule has 0 amide bonds. The van der Waals surface area contributed by atoms with E-state index in [1.54, 1.807) is 0 Å². The van der Waals surface area contributed by atoms with Gasteiger partial charge >= 0.3 is 0 Å². The summed E-state index contributed by atoms with van der Waals surface area (Å²) in [4.78, 5) is 0. The number of unbranched alkanes of at least 4 members (excludes halogenated alkanes) is 6. The predicted molar refractivity (Wildman–Crippen MR) is 69.8 cm³/mol. The Labute approximate surface area is 101 Å². The van der Waals surface area contributed by atoms with Gasteiger partial charge in [0.25, 0.3) is 0 Å². The van der Waals surface area contributed by atoms with E-state index in [-0.39, 0.29) is 5.75 Å². The third kappa shape index (κ3) is 10.4. The van der Waals surface area contributed by atoms with Crippen LogP contribution in [-0.2, 0) is 10.0 Å². The van der Waals surface area contributed by atoms with E-state index in [4.69, 9.17) is 0 Å². The molecule has 0 aliphatic rings. The summed E-state index contributed by atoms with van der Waals surface area (Å²) >= 11 is 0. The first-order valence-electron chi connectivity index (χ1n) is 6.39. The second kappa shape index (κ2) is 10.1. The molecule has 1 N–H and O–H groups in total. The van der Waals surface area contributed by atoms with Crippen LogP contribution in [0.2, 0.25) is 0 Å². The lowest BCUT2D eigenvalue weighted by atomic mass is 10.2. The molecule has 0 fully saturated rings. The van der Waals surface area contributed by atoms with E-state index >= 15 is 0 Å². The van der Waals surface area contributed by atoms with E-state index in [0.717, 1.165) is 51.4 Å². The number of hydrogen-bond acceptors (Lipinski definition) is 2. The van der Waals surface area contributed by atoms with E-state index in [9.17, 15) is 8.42 Å². The average Bonchev–Trinajstić information content (AvgIpc) is 2.24. The Balaban J connectivity index is 3.47. The molecule has 97 valence electrons. The Morgan fingerprint density at radius 2 is 1.69 bits per heavy atom. The fourth-order valence-corrected chi connectivity index (χ4v) is 2.68. The van der Waals surface area contributed by atoms with Crippen molar-refractivity contribution in [3.63, 3.8) is 0 Å². The van der Waals surface area contributed by atoms with Crippen LogP contribution in [0, 0.1) is 6.92 Å². The summed E-state index contributed by atoms with van der Waals surface area (Å²) in [5.74, 6) is 0.280. The van der Waals surface area contributed by atoms with Crippen molar-refractivity contribution in [1.29, 1.82) is 0 Å². The van der Waals surface area contributed by atoms with Gasteiger partial charge in [-0.1, -0.05) is 52.4 Å². The summed E-state index contributed by atoms with van der Waals surface area (Å²) in [7, 11) is -3.01. The van der Waals surface area contributed by atoms with E-state index in [0.29, 0.717) is 6.54 Å². The highest BCUT2D eigenvalue weighted by Gasteiger charge is 2.07. The highest BCUT2D eigenvalue weighted by Crippen LogP contribution is 2.02. The summed E-state index contributed by atoms with van der Waals surface area (Å²) in [6, 6.07) is 0. The van der Waals surface area contributed by atoms with E-state index in [2.05, 4.69) is 18.6 Å². The molecular weight excluding hydrogens is 222 g/mol. The average molecular weight is 248 g/mol. The molecule has 0 saturated heterocycles. The molecule has 0 bridgehead atoms. The van der Waals surface area contributed by atoms with Gasteiger partial charge in [0.1, 0.15) is 0 Å². The van der Waals surface area contributed by atoms with Gasteiger partial charge in [-0.15, -0.1) is 0 Å². The van der Waals surface area contributed by atoms with Crippen molar-refractivity contribution in [3.05, 3.63) is 6.92 Å². The SMILES string of the molecule is [CH2]CCCCCNS(=O)(=O)CCCCCC. The lowest BCUT2D eigenvalue weighted by Crippen LogP contribution is -2.27. The minimum absolute atomic E-state index is 0.280. The molecule has 0 rings (SSSR count). The monoisotopic (exact) mass is 248 g/mol. The van der Waals surface area contributed by atoms with Gasteiger partial charge in [0.05, 0.1) is 5.75 Å². The maximum absolute atomic E-state index is 11.5. The lowest BCUT2D eigenvalue weighted by molar-refractivity contribution is 0.568.